The lowest BCUT2D eigenvalue weighted by Crippen LogP contribution is -2.76. The van der Waals surface area contributed by atoms with Crippen molar-refractivity contribution in [3.05, 3.63) is 0 Å². The van der Waals surface area contributed by atoms with Crippen LogP contribution >= 0.6 is 0 Å². The van der Waals surface area contributed by atoms with Crippen LogP contribution < -0.4 is 0 Å². The van der Waals surface area contributed by atoms with E-state index in [-0.39, 0.29) is 0 Å². The molecule has 0 aliphatic heterocycles. The number of aliphatic hydroxyl groups is 3. The van der Waals surface area contributed by atoms with Crippen molar-refractivity contribution in [3.8, 4) is 0 Å². The van der Waals surface area contributed by atoms with E-state index in [1.54, 1.807) is 0 Å². The van der Waals surface area contributed by atoms with Crippen LogP contribution in [-0.4, -0.2) is 74.4 Å². The molecule has 3 N–H and O–H groups in total. The topological polar surface area (TPSA) is 164 Å². The zero-order valence-corrected chi connectivity index (χ0v) is 13.9. The molecule has 25 heavy (non-hydrogen) atoms. The van der Waals surface area contributed by atoms with Crippen LogP contribution in [0.3, 0.4) is 0 Å². The summed E-state index contributed by atoms with van der Waals surface area (Å²) in [5.41, 5.74) is -7.18. The van der Waals surface area contributed by atoms with Crippen LogP contribution in [0.5, 0.6) is 0 Å². The van der Waals surface area contributed by atoms with Crippen molar-refractivity contribution in [1.82, 2.24) is 0 Å². The van der Waals surface area contributed by atoms with E-state index < -0.39 is 59.1 Å². The van der Waals surface area contributed by atoms with E-state index in [0.29, 0.717) is 27.7 Å². The number of ether oxygens (including phenoxy) is 1. The highest BCUT2D eigenvalue weighted by Gasteiger charge is 2.73. The minimum absolute atomic E-state index is 0.557. The van der Waals surface area contributed by atoms with Crippen molar-refractivity contribution in [3.63, 3.8) is 0 Å². The van der Waals surface area contributed by atoms with Gasteiger partial charge in [0.05, 0.1) is 6.61 Å². The first kappa shape index (κ1) is 22.9. The number of hydrogen-bond acceptors (Lipinski definition) is 10. The summed E-state index contributed by atoms with van der Waals surface area (Å²) in [7, 11) is 0. The third kappa shape index (κ3) is 3.63. The largest absolute Gasteiger partial charge is 0.439 e. The predicted octanol–water partition coefficient (Wildman–Crippen LogP) is -2.02. The molecule has 0 bridgehead atoms. The highest BCUT2D eigenvalue weighted by atomic mass is 19.3. The van der Waals surface area contributed by atoms with Crippen LogP contribution in [0.25, 0.3) is 0 Å². The van der Waals surface area contributed by atoms with Gasteiger partial charge in [-0.15, -0.1) is 0 Å². The fraction of sp³-hybridized carbons (Fsp3) is 0.643. The van der Waals surface area contributed by atoms with Crippen molar-refractivity contribution in [2.45, 2.75) is 51.1 Å². The fourth-order valence-electron chi connectivity index (χ4n) is 2.44. The highest BCUT2D eigenvalue weighted by molar-refractivity contribution is 6.45. The predicted molar refractivity (Wildman–Crippen MR) is 75.6 cm³/mol. The van der Waals surface area contributed by atoms with Gasteiger partial charge in [0.1, 0.15) is 12.2 Å². The van der Waals surface area contributed by atoms with Crippen molar-refractivity contribution >= 4 is 29.1 Å². The number of Topliss-reactive ketones (excluding diaryl/α,β-unsaturated/α-hetero) is 4. The molecule has 0 fully saturated rings. The maximum atomic E-state index is 13.6. The summed E-state index contributed by atoms with van der Waals surface area (Å²) in [6.45, 7) is 1.21. The molecule has 0 saturated heterocycles. The van der Waals surface area contributed by atoms with Gasteiger partial charge in [-0.2, -0.15) is 4.94 Å². The van der Waals surface area contributed by atoms with E-state index in [4.69, 9.17) is 5.11 Å². The van der Waals surface area contributed by atoms with Crippen LogP contribution in [0.15, 0.2) is 0 Å². The minimum Gasteiger partial charge on any atom is -0.439 e. The summed E-state index contributed by atoms with van der Waals surface area (Å²) in [5.74, 6) is -7.78. The molecule has 10 nitrogen and oxygen atoms in total. The molecular formula is C14H19FO10. The zero-order valence-electron chi connectivity index (χ0n) is 13.9. The lowest BCUT2D eigenvalue weighted by molar-refractivity contribution is -0.308. The van der Waals surface area contributed by atoms with E-state index in [9.17, 15) is 38.7 Å². The molecule has 11 heteroatoms. The van der Waals surface area contributed by atoms with Gasteiger partial charge >= 0.3 is 5.97 Å². The van der Waals surface area contributed by atoms with Crippen molar-refractivity contribution < 1.29 is 53.5 Å². The van der Waals surface area contributed by atoms with Crippen LogP contribution in [0.1, 0.15) is 27.7 Å². The molecule has 0 aliphatic carbocycles. The Morgan fingerprint density at radius 3 is 1.72 bits per heavy atom. The van der Waals surface area contributed by atoms with Crippen LogP contribution in [-0.2, 0) is 33.7 Å². The second-order valence-electron chi connectivity index (χ2n) is 5.28. The first-order chi connectivity index (χ1) is 11.4. The van der Waals surface area contributed by atoms with Crippen LogP contribution in [0.2, 0.25) is 0 Å². The van der Waals surface area contributed by atoms with Crippen LogP contribution in [0.4, 0.5) is 4.53 Å². The number of carbonyl (C=O) groups is 5. The van der Waals surface area contributed by atoms with Gasteiger partial charge in [0.15, 0.2) is 17.3 Å². The van der Waals surface area contributed by atoms with Crippen molar-refractivity contribution in [1.29, 1.82) is 0 Å². The number of halogens is 1. The average molecular weight is 366 g/mol. The van der Waals surface area contributed by atoms with Gasteiger partial charge < -0.3 is 20.1 Å². The molecule has 142 valence electrons. The molecule has 0 unspecified atom stereocenters. The molecule has 0 aromatic carbocycles. The second kappa shape index (κ2) is 8.34. The number of aliphatic hydroxyl groups excluding tert-OH is 3. The van der Waals surface area contributed by atoms with Gasteiger partial charge in [0.2, 0.25) is 5.60 Å². The molecular weight excluding hydrogens is 347 g/mol. The lowest BCUT2D eigenvalue weighted by atomic mass is 9.69. The summed E-state index contributed by atoms with van der Waals surface area (Å²) < 4.78 is 18.1. The van der Waals surface area contributed by atoms with Gasteiger partial charge in [0, 0.05) is 13.8 Å². The molecule has 0 spiro atoms. The Kier molecular flexibility index (Phi) is 7.64. The van der Waals surface area contributed by atoms with E-state index in [1.165, 1.54) is 0 Å². The number of rotatable bonds is 10. The number of esters is 1. The Morgan fingerprint density at radius 1 is 1.00 bits per heavy atom. The summed E-state index contributed by atoms with van der Waals surface area (Å²) in [4.78, 5) is 63.0. The van der Waals surface area contributed by atoms with E-state index in [2.05, 4.69) is 9.68 Å². The maximum absolute atomic E-state index is 13.6. The van der Waals surface area contributed by atoms with Gasteiger partial charge in [-0.05, 0) is 18.4 Å². The fourth-order valence-corrected chi connectivity index (χ4v) is 2.44. The SMILES string of the molecule is CC(=O)O[C@@](C(C)=O)(C(=O)C(C)=O)[C@](OF)(C(C)=O)[C@H](O)[C@H](O)CO. The molecule has 0 aliphatic rings. The summed E-state index contributed by atoms with van der Waals surface area (Å²) in [6, 6.07) is 0. The summed E-state index contributed by atoms with van der Waals surface area (Å²) in [5, 5.41) is 28.7. The van der Waals surface area contributed by atoms with Gasteiger partial charge in [0.25, 0.3) is 11.4 Å². The van der Waals surface area contributed by atoms with E-state index in [1.807, 2.05) is 0 Å². The first-order valence-electron chi connectivity index (χ1n) is 6.90. The third-order valence-corrected chi connectivity index (χ3v) is 3.57. The summed E-state index contributed by atoms with van der Waals surface area (Å²) in [6.07, 6.45) is -5.06. The Balaban J connectivity index is 7.11. The molecule has 0 amide bonds. The monoisotopic (exact) mass is 366 g/mol. The standard InChI is InChI=1S/C14H19FO10/c1-6(17)11(22)13(7(2)18,24-9(4)20)14(25-15,8(3)19)12(23)10(21)5-16/h10,12,16,21,23H,5H2,1-4H3/t10-,12-,13+,14+/m1/s1. The quantitative estimate of drug-likeness (QED) is 0.223. The molecule has 0 heterocycles. The Morgan fingerprint density at radius 2 is 1.48 bits per heavy atom. The minimum atomic E-state index is -3.63. The van der Waals surface area contributed by atoms with Gasteiger partial charge in [-0.1, -0.05) is 0 Å². The maximum Gasteiger partial charge on any atom is 0.304 e. The second-order valence-corrected chi connectivity index (χ2v) is 5.28. The Hall–Kier alpha value is -2.08. The Labute approximate surface area is 141 Å². The lowest BCUT2D eigenvalue weighted by Gasteiger charge is -2.44. The first-order valence-corrected chi connectivity index (χ1v) is 6.90. The van der Waals surface area contributed by atoms with E-state index >= 15 is 0 Å². The van der Waals surface area contributed by atoms with Gasteiger partial charge in [-0.25, -0.2) is 0 Å². The number of hydrogen-bond donors (Lipinski definition) is 3. The van der Waals surface area contributed by atoms with E-state index in [0.717, 1.165) is 0 Å². The smallest absolute Gasteiger partial charge is 0.304 e. The number of carbonyl (C=O) groups excluding carboxylic acids is 5. The molecule has 0 radical (unpaired) electrons. The molecule has 0 aromatic rings. The highest BCUT2D eigenvalue weighted by Crippen LogP contribution is 2.39. The average Bonchev–Trinajstić information content (AvgIpc) is 2.51. The zero-order chi connectivity index (χ0) is 20.2. The molecule has 0 aromatic heterocycles. The normalized spacial score (nSPS) is 18.2. The van der Waals surface area contributed by atoms with Crippen molar-refractivity contribution in [2.75, 3.05) is 6.61 Å². The molecule has 0 rings (SSSR count). The third-order valence-electron chi connectivity index (χ3n) is 3.57. The summed E-state index contributed by atoms with van der Waals surface area (Å²) >= 11 is 0. The number of ketones is 4. The molecule has 4 atom stereocenters. The van der Waals surface area contributed by atoms with Gasteiger partial charge in [-0.3, -0.25) is 24.0 Å². The van der Waals surface area contributed by atoms with Crippen molar-refractivity contribution in [2.24, 2.45) is 0 Å². The molecule has 0 saturated carbocycles. The van der Waals surface area contributed by atoms with Crippen LogP contribution in [0, 0.1) is 0 Å². The Bertz CT molecular complexity index is 588.